The molecule has 1 aromatic heterocycles. The molecule has 1 aliphatic carbocycles. The van der Waals surface area contributed by atoms with Gasteiger partial charge in [-0.05, 0) is 57.2 Å². The average molecular weight is 343 g/mol. The number of hydrogen-bond donors (Lipinski definition) is 0. The summed E-state index contributed by atoms with van der Waals surface area (Å²) in [6, 6.07) is 3.16. The van der Waals surface area contributed by atoms with Crippen LogP contribution in [0.15, 0.2) is 6.07 Å². The van der Waals surface area contributed by atoms with Crippen LogP contribution < -0.4 is 4.90 Å². The molecule has 1 aromatic rings. The van der Waals surface area contributed by atoms with Crippen molar-refractivity contribution in [1.29, 1.82) is 0 Å². The molecule has 4 rings (SSSR count). The van der Waals surface area contributed by atoms with Gasteiger partial charge in [-0.2, -0.15) is 5.10 Å². The molecule has 25 heavy (non-hydrogen) atoms. The van der Waals surface area contributed by atoms with Crippen molar-refractivity contribution in [2.75, 3.05) is 38.6 Å². The molecule has 3 aliphatic rings. The standard InChI is InChI=1S/C19H29N5O/c1-22(11-15-7-5-9-19(25)23(15)2)16-12-24(13-16)18-10-14-6-3-4-8-17(14)20-21-18/h10,15-16H,3-9,11-13H2,1-2H3. The van der Waals surface area contributed by atoms with Crippen LogP contribution in [0, 0.1) is 0 Å². The van der Waals surface area contributed by atoms with E-state index < -0.39 is 0 Å². The third-order valence-electron chi connectivity index (χ3n) is 6.23. The van der Waals surface area contributed by atoms with Crippen LogP contribution in [0.4, 0.5) is 5.82 Å². The van der Waals surface area contributed by atoms with Crippen molar-refractivity contribution in [1.82, 2.24) is 20.0 Å². The molecule has 2 aliphatic heterocycles. The van der Waals surface area contributed by atoms with Crippen LogP contribution in [0.25, 0.3) is 0 Å². The third kappa shape index (κ3) is 3.36. The maximum Gasteiger partial charge on any atom is 0.222 e. The van der Waals surface area contributed by atoms with Crippen LogP contribution in [0.1, 0.15) is 43.4 Å². The molecule has 0 radical (unpaired) electrons. The largest absolute Gasteiger partial charge is 0.352 e. The maximum atomic E-state index is 11.9. The highest BCUT2D eigenvalue weighted by Gasteiger charge is 2.34. The molecule has 6 nitrogen and oxygen atoms in total. The number of likely N-dealkylation sites (tertiary alicyclic amines) is 1. The van der Waals surface area contributed by atoms with Crippen molar-refractivity contribution in [2.24, 2.45) is 0 Å². The highest BCUT2D eigenvalue weighted by atomic mass is 16.2. The molecular weight excluding hydrogens is 314 g/mol. The van der Waals surface area contributed by atoms with Crippen LogP contribution in [-0.4, -0.2) is 71.7 Å². The molecule has 0 aromatic carbocycles. The summed E-state index contributed by atoms with van der Waals surface area (Å²) in [5.74, 6) is 1.33. The minimum atomic E-state index is 0.296. The Morgan fingerprint density at radius 2 is 1.96 bits per heavy atom. The van der Waals surface area contributed by atoms with Crippen molar-refractivity contribution in [3.63, 3.8) is 0 Å². The summed E-state index contributed by atoms with van der Waals surface area (Å²) in [7, 11) is 4.14. The van der Waals surface area contributed by atoms with E-state index in [4.69, 9.17) is 0 Å². The van der Waals surface area contributed by atoms with E-state index in [0.717, 1.165) is 51.1 Å². The van der Waals surface area contributed by atoms with Gasteiger partial charge in [-0.25, -0.2) is 0 Å². The second kappa shape index (κ2) is 6.90. The molecule has 2 fully saturated rings. The van der Waals surface area contributed by atoms with Crippen LogP contribution in [0.3, 0.4) is 0 Å². The van der Waals surface area contributed by atoms with Gasteiger partial charge in [0.15, 0.2) is 5.82 Å². The van der Waals surface area contributed by atoms with Gasteiger partial charge < -0.3 is 9.80 Å². The van der Waals surface area contributed by atoms with Crippen LogP contribution >= 0.6 is 0 Å². The zero-order chi connectivity index (χ0) is 17.4. The van der Waals surface area contributed by atoms with Gasteiger partial charge in [0.2, 0.25) is 5.91 Å². The van der Waals surface area contributed by atoms with E-state index in [0.29, 0.717) is 24.4 Å². The lowest BCUT2D eigenvalue weighted by Crippen LogP contribution is -2.61. The van der Waals surface area contributed by atoms with Gasteiger partial charge in [0.1, 0.15) is 0 Å². The molecule has 6 heteroatoms. The van der Waals surface area contributed by atoms with Crippen molar-refractivity contribution >= 4 is 11.7 Å². The van der Waals surface area contributed by atoms with E-state index in [1.165, 1.54) is 24.1 Å². The molecule has 0 N–H and O–H groups in total. The number of amides is 1. The number of rotatable bonds is 4. The third-order valence-corrected chi connectivity index (χ3v) is 6.23. The highest BCUT2D eigenvalue weighted by molar-refractivity contribution is 5.76. The van der Waals surface area contributed by atoms with E-state index in [-0.39, 0.29) is 0 Å². The fourth-order valence-corrected chi connectivity index (χ4v) is 4.31. The van der Waals surface area contributed by atoms with E-state index in [2.05, 4.69) is 33.1 Å². The average Bonchev–Trinajstić information content (AvgIpc) is 2.57. The van der Waals surface area contributed by atoms with E-state index in [1.807, 2.05) is 11.9 Å². The summed E-state index contributed by atoms with van der Waals surface area (Å²) in [5, 5.41) is 8.90. The SMILES string of the molecule is CN(CC1CCCC(=O)N1C)C1CN(c2cc3c(nn2)CCCC3)C1. The summed E-state index contributed by atoms with van der Waals surface area (Å²) in [4.78, 5) is 18.6. The molecular formula is C19H29N5O. The Hall–Kier alpha value is -1.69. The molecule has 0 bridgehead atoms. The van der Waals surface area contributed by atoms with Crippen molar-refractivity contribution in [3.05, 3.63) is 17.3 Å². The molecule has 0 saturated carbocycles. The Kier molecular flexibility index (Phi) is 4.63. The molecule has 0 spiro atoms. The smallest absolute Gasteiger partial charge is 0.222 e. The number of carbonyl (C=O) groups excluding carboxylic acids is 1. The lowest BCUT2D eigenvalue weighted by molar-refractivity contribution is -0.135. The van der Waals surface area contributed by atoms with Crippen molar-refractivity contribution in [2.45, 2.75) is 57.0 Å². The zero-order valence-electron chi connectivity index (χ0n) is 15.4. The van der Waals surface area contributed by atoms with Gasteiger partial charge in [-0.1, -0.05) is 0 Å². The predicted octanol–water partition coefficient (Wildman–Crippen LogP) is 1.49. The quantitative estimate of drug-likeness (QED) is 0.829. The summed E-state index contributed by atoms with van der Waals surface area (Å²) >= 11 is 0. The highest BCUT2D eigenvalue weighted by Crippen LogP contribution is 2.26. The lowest BCUT2D eigenvalue weighted by atomic mass is 9.96. The number of piperidine rings is 1. The minimum absolute atomic E-state index is 0.296. The first kappa shape index (κ1) is 16.8. The summed E-state index contributed by atoms with van der Waals surface area (Å²) < 4.78 is 0. The topological polar surface area (TPSA) is 52.6 Å². The van der Waals surface area contributed by atoms with E-state index >= 15 is 0 Å². The Bertz CT molecular complexity index is 643. The first-order chi connectivity index (χ1) is 12.1. The van der Waals surface area contributed by atoms with Crippen molar-refractivity contribution in [3.8, 4) is 0 Å². The Labute approximate surface area is 150 Å². The summed E-state index contributed by atoms with van der Waals surface area (Å²) in [6.45, 7) is 2.99. The number of anilines is 1. The summed E-state index contributed by atoms with van der Waals surface area (Å²) in [6.07, 6.45) is 7.62. The molecule has 136 valence electrons. The number of fused-ring (bicyclic) bond motifs is 1. The summed E-state index contributed by atoms with van der Waals surface area (Å²) in [5.41, 5.74) is 2.60. The van der Waals surface area contributed by atoms with Gasteiger partial charge in [0, 0.05) is 45.2 Å². The van der Waals surface area contributed by atoms with Crippen molar-refractivity contribution < 1.29 is 4.79 Å². The molecule has 3 heterocycles. The van der Waals surface area contributed by atoms with Gasteiger partial charge >= 0.3 is 0 Å². The molecule has 2 saturated heterocycles. The van der Waals surface area contributed by atoms with Gasteiger partial charge in [-0.15, -0.1) is 5.10 Å². The maximum absolute atomic E-state index is 11.9. The fraction of sp³-hybridized carbons (Fsp3) is 0.737. The Morgan fingerprint density at radius 1 is 1.16 bits per heavy atom. The molecule has 1 unspecified atom stereocenters. The number of carbonyl (C=O) groups is 1. The van der Waals surface area contributed by atoms with Crippen LogP contribution in [-0.2, 0) is 17.6 Å². The normalized spacial score (nSPS) is 24.4. The molecule has 1 amide bonds. The number of nitrogens with zero attached hydrogens (tertiary/aromatic N) is 5. The lowest BCUT2D eigenvalue weighted by Gasteiger charge is -2.46. The zero-order valence-corrected chi connectivity index (χ0v) is 15.4. The number of aryl methyl sites for hydroxylation is 2. The van der Waals surface area contributed by atoms with E-state index in [1.54, 1.807) is 0 Å². The first-order valence-electron chi connectivity index (χ1n) is 9.68. The molecule has 1 atom stereocenters. The Balaban J connectivity index is 1.31. The fourth-order valence-electron chi connectivity index (χ4n) is 4.31. The number of aromatic nitrogens is 2. The number of hydrogen-bond acceptors (Lipinski definition) is 5. The number of likely N-dealkylation sites (N-methyl/N-ethyl adjacent to an activating group) is 2. The van der Waals surface area contributed by atoms with Crippen LogP contribution in [0.2, 0.25) is 0 Å². The monoisotopic (exact) mass is 343 g/mol. The van der Waals surface area contributed by atoms with Gasteiger partial charge in [-0.3, -0.25) is 9.69 Å². The predicted molar refractivity (Wildman–Crippen MR) is 97.7 cm³/mol. The Morgan fingerprint density at radius 3 is 2.80 bits per heavy atom. The second-order valence-corrected chi connectivity index (χ2v) is 7.93. The van der Waals surface area contributed by atoms with Gasteiger partial charge in [0.05, 0.1) is 5.69 Å². The first-order valence-corrected chi connectivity index (χ1v) is 9.68. The van der Waals surface area contributed by atoms with E-state index in [9.17, 15) is 4.79 Å². The minimum Gasteiger partial charge on any atom is -0.352 e. The van der Waals surface area contributed by atoms with Crippen LogP contribution in [0.5, 0.6) is 0 Å². The van der Waals surface area contributed by atoms with Gasteiger partial charge in [0.25, 0.3) is 0 Å². The second-order valence-electron chi connectivity index (χ2n) is 7.93.